The van der Waals surface area contributed by atoms with E-state index in [0.29, 0.717) is 39.6 Å². The Kier molecular flexibility index (Phi) is 18.1. The van der Waals surface area contributed by atoms with E-state index in [0.717, 1.165) is 0 Å². The van der Waals surface area contributed by atoms with E-state index in [2.05, 4.69) is 14.0 Å². The molecule has 1 saturated heterocycles. The molecule has 0 N–H and O–H groups in total. The average molecular weight is 392 g/mol. The van der Waals surface area contributed by atoms with Crippen molar-refractivity contribution in [2.45, 2.75) is 45.4 Å². The highest BCUT2D eigenvalue weighted by Crippen LogP contribution is 2.16. The summed E-state index contributed by atoms with van der Waals surface area (Å²) in [5.74, 6) is -1.10. The van der Waals surface area contributed by atoms with Crippen molar-refractivity contribution in [3.05, 3.63) is 0 Å². The van der Waals surface area contributed by atoms with Crippen molar-refractivity contribution in [1.82, 2.24) is 0 Å². The van der Waals surface area contributed by atoms with Crippen molar-refractivity contribution < 1.29 is 33.3 Å². The van der Waals surface area contributed by atoms with E-state index in [9.17, 15) is 9.90 Å². The van der Waals surface area contributed by atoms with Gasteiger partial charge in [0, 0.05) is 19.5 Å². The van der Waals surface area contributed by atoms with E-state index in [-0.39, 0.29) is 13.0 Å². The Bertz CT molecular complexity index is 334. The Hall–Kier alpha value is -0.730. The minimum absolute atomic E-state index is 0.0832. The summed E-state index contributed by atoms with van der Waals surface area (Å²) in [6, 6.07) is 0. The monoisotopic (exact) mass is 391 g/mol. The molecule has 1 fully saturated rings. The number of carboxylic acid groups (broad SMARTS) is 1. The zero-order valence-electron chi connectivity index (χ0n) is 17.7. The number of hydrogen-bond donors (Lipinski definition) is 0. The Morgan fingerprint density at radius 2 is 1.41 bits per heavy atom. The van der Waals surface area contributed by atoms with E-state index in [4.69, 9.17) is 18.9 Å². The first-order chi connectivity index (χ1) is 13.0. The summed E-state index contributed by atoms with van der Waals surface area (Å²) >= 11 is 0. The van der Waals surface area contributed by atoms with Crippen LogP contribution in [0.25, 0.3) is 0 Å². The number of hydrogen-bond acceptors (Lipinski definition) is 6. The first kappa shape index (κ1) is 26.3. The molecule has 0 aromatic rings. The summed E-state index contributed by atoms with van der Waals surface area (Å²) in [5.41, 5.74) is 0. The number of carbonyl (C=O) groups excluding carboxylic acids is 1. The summed E-state index contributed by atoms with van der Waals surface area (Å²) in [4.78, 5) is 10.0. The standard InChI is InChI=1S/C10H22N.C10H20O6/c1-3-4-8-11(2)9-6-5-7-10-11;1-13-4-5-15-8-9-16-7-6-14-3-2-10(11)12/h3-10H2,1-2H3;2-9H2,1H3,(H,11,12)/q+1;/p-1. The number of piperidine rings is 1. The molecule has 0 aliphatic carbocycles. The molecule has 7 heteroatoms. The molecule has 0 aromatic heterocycles. The van der Waals surface area contributed by atoms with E-state index >= 15 is 0 Å². The van der Waals surface area contributed by atoms with Gasteiger partial charge in [-0.2, -0.15) is 0 Å². The number of nitrogens with zero attached hydrogens (tertiary/aromatic N) is 1. The molecular weight excluding hydrogens is 350 g/mol. The molecule has 0 aromatic carbocycles. The second-order valence-electron chi connectivity index (χ2n) is 7.16. The van der Waals surface area contributed by atoms with Gasteiger partial charge < -0.3 is 33.3 Å². The van der Waals surface area contributed by atoms with Gasteiger partial charge >= 0.3 is 0 Å². The summed E-state index contributed by atoms with van der Waals surface area (Å²) in [6.45, 7) is 9.68. The van der Waals surface area contributed by atoms with Crippen molar-refractivity contribution in [3.63, 3.8) is 0 Å². The van der Waals surface area contributed by atoms with Gasteiger partial charge in [0.2, 0.25) is 0 Å². The Morgan fingerprint density at radius 3 is 1.89 bits per heavy atom. The van der Waals surface area contributed by atoms with Crippen LogP contribution in [-0.2, 0) is 23.7 Å². The lowest BCUT2D eigenvalue weighted by Gasteiger charge is -2.37. The molecule has 27 heavy (non-hydrogen) atoms. The zero-order valence-corrected chi connectivity index (χ0v) is 17.7. The third kappa shape index (κ3) is 18.4. The number of carboxylic acids is 1. The highest BCUT2D eigenvalue weighted by Gasteiger charge is 2.23. The van der Waals surface area contributed by atoms with Crippen molar-refractivity contribution in [2.24, 2.45) is 0 Å². The first-order valence-electron chi connectivity index (χ1n) is 10.3. The van der Waals surface area contributed by atoms with E-state index in [1.165, 1.54) is 56.2 Å². The largest absolute Gasteiger partial charge is 0.550 e. The molecule has 162 valence electrons. The van der Waals surface area contributed by atoms with Gasteiger partial charge in [-0.05, 0) is 25.7 Å². The lowest BCUT2D eigenvalue weighted by molar-refractivity contribution is -0.914. The smallest absolute Gasteiger partial charge is 0.0784 e. The molecular formula is C20H41NO6. The highest BCUT2D eigenvalue weighted by molar-refractivity contribution is 5.64. The van der Waals surface area contributed by atoms with Crippen molar-refractivity contribution in [3.8, 4) is 0 Å². The first-order valence-corrected chi connectivity index (χ1v) is 10.3. The number of ether oxygens (including phenoxy) is 4. The molecule has 1 heterocycles. The predicted molar refractivity (Wildman–Crippen MR) is 104 cm³/mol. The van der Waals surface area contributed by atoms with Crippen LogP contribution in [0.2, 0.25) is 0 Å². The number of unbranched alkanes of at least 4 members (excludes halogenated alkanes) is 1. The van der Waals surface area contributed by atoms with Crippen LogP contribution >= 0.6 is 0 Å². The quantitative estimate of drug-likeness (QED) is 0.309. The molecule has 0 radical (unpaired) electrons. The number of likely N-dealkylation sites (tertiary alicyclic amines) is 1. The number of carbonyl (C=O) groups is 1. The molecule has 0 bridgehead atoms. The second kappa shape index (κ2) is 18.6. The van der Waals surface area contributed by atoms with Gasteiger partial charge in [0.05, 0.1) is 72.9 Å². The molecule has 1 aliphatic rings. The summed E-state index contributed by atoms with van der Waals surface area (Å²) in [7, 11) is 4.04. The van der Waals surface area contributed by atoms with Gasteiger partial charge in [-0.3, -0.25) is 0 Å². The van der Waals surface area contributed by atoms with Crippen LogP contribution in [0.15, 0.2) is 0 Å². The fourth-order valence-corrected chi connectivity index (χ4v) is 2.88. The molecule has 1 rings (SSSR count). The molecule has 0 amide bonds. The zero-order chi connectivity index (χ0) is 20.2. The Morgan fingerprint density at radius 1 is 0.889 bits per heavy atom. The fraction of sp³-hybridized carbons (Fsp3) is 0.950. The van der Waals surface area contributed by atoms with E-state index in [1.807, 2.05) is 0 Å². The number of quaternary nitrogens is 1. The molecule has 0 atom stereocenters. The Balaban J connectivity index is 0.000000533. The van der Waals surface area contributed by atoms with Crippen LogP contribution in [0.5, 0.6) is 0 Å². The maximum atomic E-state index is 10.0. The van der Waals surface area contributed by atoms with E-state index in [1.54, 1.807) is 7.11 Å². The third-order valence-corrected chi connectivity index (χ3v) is 4.57. The molecule has 0 saturated carbocycles. The van der Waals surface area contributed by atoms with Crippen LogP contribution in [0, 0.1) is 0 Å². The van der Waals surface area contributed by atoms with Gasteiger partial charge in [0.25, 0.3) is 0 Å². The summed E-state index contributed by atoms with van der Waals surface area (Å²) in [5, 5.41) is 10.0. The topological polar surface area (TPSA) is 77.0 Å². The van der Waals surface area contributed by atoms with E-state index < -0.39 is 5.97 Å². The lowest BCUT2D eigenvalue weighted by atomic mass is 10.1. The van der Waals surface area contributed by atoms with Crippen LogP contribution in [-0.4, -0.2) is 90.5 Å². The molecule has 1 aliphatic heterocycles. The normalized spacial score (nSPS) is 15.8. The second-order valence-corrected chi connectivity index (χ2v) is 7.16. The molecule has 7 nitrogen and oxygen atoms in total. The van der Waals surface area contributed by atoms with Crippen LogP contribution < -0.4 is 5.11 Å². The number of aliphatic carboxylic acids is 1. The van der Waals surface area contributed by atoms with Crippen LogP contribution in [0.1, 0.15) is 45.4 Å². The van der Waals surface area contributed by atoms with Crippen molar-refractivity contribution in [1.29, 1.82) is 0 Å². The fourth-order valence-electron chi connectivity index (χ4n) is 2.88. The lowest BCUT2D eigenvalue weighted by Crippen LogP contribution is -2.48. The number of rotatable bonds is 15. The SMILES string of the molecule is CCCC[N+]1(C)CCCCC1.COCCOCCOCCOCCC(=O)[O-]. The van der Waals surface area contributed by atoms with Gasteiger partial charge in [-0.1, -0.05) is 13.3 Å². The average Bonchev–Trinajstić information content (AvgIpc) is 2.65. The van der Waals surface area contributed by atoms with Crippen LogP contribution in [0.3, 0.4) is 0 Å². The summed E-state index contributed by atoms with van der Waals surface area (Å²) in [6.07, 6.45) is 7.07. The van der Waals surface area contributed by atoms with Gasteiger partial charge in [0.1, 0.15) is 0 Å². The maximum Gasteiger partial charge on any atom is 0.0784 e. The minimum Gasteiger partial charge on any atom is -0.550 e. The molecule has 0 unspecified atom stereocenters. The van der Waals surface area contributed by atoms with Crippen molar-refractivity contribution in [2.75, 3.05) is 80.0 Å². The third-order valence-electron chi connectivity index (χ3n) is 4.57. The maximum absolute atomic E-state index is 10.0. The summed E-state index contributed by atoms with van der Waals surface area (Å²) < 4.78 is 21.5. The Labute approximate surface area is 165 Å². The van der Waals surface area contributed by atoms with Gasteiger partial charge in [-0.25, -0.2) is 0 Å². The molecule has 0 spiro atoms. The van der Waals surface area contributed by atoms with Gasteiger partial charge in [-0.15, -0.1) is 0 Å². The van der Waals surface area contributed by atoms with Crippen LogP contribution in [0.4, 0.5) is 0 Å². The van der Waals surface area contributed by atoms with Crippen molar-refractivity contribution >= 4 is 5.97 Å². The van der Waals surface area contributed by atoms with Gasteiger partial charge in [0.15, 0.2) is 0 Å². The number of methoxy groups -OCH3 is 1. The highest BCUT2D eigenvalue weighted by atomic mass is 16.6. The predicted octanol–water partition coefficient (Wildman–Crippen LogP) is 1.24. The minimum atomic E-state index is -1.10.